The predicted octanol–water partition coefficient (Wildman–Crippen LogP) is 3.16. The van der Waals surface area contributed by atoms with Gasteiger partial charge in [0.05, 0.1) is 0 Å². The minimum absolute atomic E-state index is 0.231. The Balaban J connectivity index is 1.27. The van der Waals surface area contributed by atoms with E-state index in [1.54, 1.807) is 6.20 Å². The number of H-pyrrole nitrogens is 1. The molecule has 0 saturated carbocycles. The normalized spacial score (nSPS) is 20.3. The molecule has 27 heavy (non-hydrogen) atoms. The van der Waals surface area contributed by atoms with E-state index in [0.29, 0.717) is 11.8 Å². The van der Waals surface area contributed by atoms with Crippen LogP contribution in [-0.2, 0) is 0 Å². The highest BCUT2D eigenvalue weighted by molar-refractivity contribution is 5.88. The van der Waals surface area contributed by atoms with E-state index in [0.717, 1.165) is 49.9 Å². The number of rotatable bonds is 4. The van der Waals surface area contributed by atoms with Crippen LogP contribution in [0, 0.1) is 0 Å². The van der Waals surface area contributed by atoms with Gasteiger partial charge in [0, 0.05) is 62.4 Å². The van der Waals surface area contributed by atoms with Gasteiger partial charge in [-0.05, 0) is 37.9 Å². The molecule has 0 spiro atoms. The summed E-state index contributed by atoms with van der Waals surface area (Å²) in [5.74, 6) is 0.616. The second-order valence-corrected chi connectivity index (χ2v) is 7.66. The lowest BCUT2D eigenvalue weighted by Gasteiger charge is -2.42. The molecule has 2 aliphatic rings. The highest BCUT2D eigenvalue weighted by Gasteiger charge is 2.29. The maximum atomic E-state index is 12.6. The molecule has 0 unspecified atom stereocenters. The number of ether oxygens (including phenoxy) is 1. The zero-order chi connectivity index (χ0) is 18.6. The molecule has 1 N–H and O–H groups in total. The number of amides is 1. The number of aromatic amines is 1. The Morgan fingerprint density at radius 2 is 1.85 bits per heavy atom. The number of benzene rings is 1. The minimum Gasteiger partial charge on any atom is -0.408 e. The zero-order valence-electron chi connectivity index (χ0n) is 16.2. The van der Waals surface area contributed by atoms with E-state index in [2.05, 4.69) is 21.7 Å². The molecule has 4 rings (SSSR count). The summed E-state index contributed by atoms with van der Waals surface area (Å²) in [5, 5.41) is 0.950. The Morgan fingerprint density at radius 3 is 2.59 bits per heavy atom. The highest BCUT2D eigenvalue weighted by atomic mass is 16.6. The summed E-state index contributed by atoms with van der Waals surface area (Å²) in [6, 6.07) is 8.49. The number of nitrogens with one attached hydrogen (secondary N) is 1. The van der Waals surface area contributed by atoms with Crippen molar-refractivity contribution in [1.82, 2.24) is 19.7 Å². The second-order valence-electron chi connectivity index (χ2n) is 7.66. The number of para-hydroxylation sites is 1. The summed E-state index contributed by atoms with van der Waals surface area (Å²) in [4.78, 5) is 22.8. The zero-order valence-corrected chi connectivity index (χ0v) is 16.2. The molecule has 6 nitrogen and oxygen atoms in total. The summed E-state index contributed by atoms with van der Waals surface area (Å²) < 4.78 is 5.66. The van der Waals surface area contributed by atoms with Crippen molar-refractivity contribution in [3.05, 3.63) is 30.5 Å². The van der Waals surface area contributed by atoms with Gasteiger partial charge in [0.2, 0.25) is 0 Å². The number of hydrogen-bond acceptors (Lipinski definition) is 4. The van der Waals surface area contributed by atoms with E-state index < -0.39 is 0 Å². The van der Waals surface area contributed by atoms with E-state index >= 15 is 0 Å². The molecule has 3 heterocycles. The Bertz CT molecular complexity index is 758. The molecule has 0 radical (unpaired) electrons. The third-order valence-electron chi connectivity index (χ3n) is 5.93. The van der Waals surface area contributed by atoms with Crippen LogP contribution in [0.3, 0.4) is 0 Å². The van der Waals surface area contributed by atoms with Gasteiger partial charge in [0.15, 0.2) is 5.75 Å². The van der Waals surface area contributed by atoms with Crippen molar-refractivity contribution in [2.45, 2.75) is 32.2 Å². The number of likely N-dealkylation sites (tertiary alicyclic amines) is 1. The van der Waals surface area contributed by atoms with Gasteiger partial charge in [0.25, 0.3) is 0 Å². The third kappa shape index (κ3) is 4.12. The van der Waals surface area contributed by atoms with Crippen molar-refractivity contribution in [2.75, 3.05) is 45.8 Å². The summed E-state index contributed by atoms with van der Waals surface area (Å²) in [6.45, 7) is 9.69. The maximum Gasteiger partial charge on any atom is 0.415 e. The molecule has 2 aliphatic heterocycles. The van der Waals surface area contributed by atoms with E-state index in [4.69, 9.17) is 4.74 Å². The molecular formula is C21H30N4O2. The number of piperidine rings is 1. The van der Waals surface area contributed by atoms with Crippen LogP contribution in [0.25, 0.3) is 10.9 Å². The molecule has 0 aliphatic carbocycles. The fraction of sp³-hybridized carbons (Fsp3) is 0.571. The molecular weight excluding hydrogens is 340 g/mol. The smallest absolute Gasteiger partial charge is 0.408 e. The van der Waals surface area contributed by atoms with Crippen LogP contribution < -0.4 is 4.74 Å². The Kier molecular flexibility index (Phi) is 5.64. The summed E-state index contributed by atoms with van der Waals surface area (Å²) in [7, 11) is 0. The molecule has 2 saturated heterocycles. The van der Waals surface area contributed by atoms with Gasteiger partial charge in [0.1, 0.15) is 0 Å². The van der Waals surface area contributed by atoms with Crippen LogP contribution in [0.5, 0.6) is 5.75 Å². The van der Waals surface area contributed by atoms with E-state index in [1.165, 1.54) is 26.1 Å². The monoisotopic (exact) mass is 370 g/mol. The van der Waals surface area contributed by atoms with Gasteiger partial charge in [-0.25, -0.2) is 4.79 Å². The van der Waals surface area contributed by atoms with E-state index in [9.17, 15) is 4.79 Å². The van der Waals surface area contributed by atoms with E-state index in [-0.39, 0.29) is 6.09 Å². The molecule has 2 aromatic rings. The fourth-order valence-corrected chi connectivity index (χ4v) is 4.37. The highest BCUT2D eigenvalue weighted by Crippen LogP contribution is 2.26. The number of fused-ring (bicyclic) bond motifs is 1. The number of nitrogens with zero attached hydrogens (tertiary/aromatic N) is 3. The van der Waals surface area contributed by atoms with Crippen LogP contribution in [0.2, 0.25) is 0 Å². The average molecular weight is 370 g/mol. The fourth-order valence-electron chi connectivity index (χ4n) is 4.37. The van der Waals surface area contributed by atoms with Crippen molar-refractivity contribution in [3.63, 3.8) is 0 Å². The number of aromatic nitrogens is 1. The number of hydrogen-bond donors (Lipinski definition) is 1. The lowest BCUT2D eigenvalue weighted by Crippen LogP contribution is -2.54. The van der Waals surface area contributed by atoms with Crippen LogP contribution in [0.15, 0.2) is 30.5 Å². The first kappa shape index (κ1) is 18.3. The van der Waals surface area contributed by atoms with Crippen LogP contribution in [0.1, 0.15) is 26.2 Å². The number of piperazine rings is 1. The SMILES string of the molecule is CCCN1CCN(C2CCN(C(=O)Oc3c[nH]c4ccccc34)CC2)CC1. The second kappa shape index (κ2) is 8.31. The van der Waals surface area contributed by atoms with Crippen molar-refractivity contribution in [2.24, 2.45) is 0 Å². The van der Waals surface area contributed by atoms with Gasteiger partial charge < -0.3 is 19.5 Å². The van der Waals surface area contributed by atoms with Gasteiger partial charge in [-0.15, -0.1) is 0 Å². The third-order valence-corrected chi connectivity index (χ3v) is 5.93. The molecule has 1 aromatic carbocycles. The lowest BCUT2D eigenvalue weighted by molar-refractivity contribution is 0.0599. The molecule has 6 heteroatoms. The molecule has 2 fully saturated rings. The average Bonchev–Trinajstić information content (AvgIpc) is 3.12. The molecule has 0 bridgehead atoms. The first-order chi connectivity index (χ1) is 13.2. The maximum absolute atomic E-state index is 12.6. The first-order valence-corrected chi connectivity index (χ1v) is 10.2. The van der Waals surface area contributed by atoms with E-state index in [1.807, 2.05) is 29.2 Å². The number of carbonyl (C=O) groups excluding carboxylic acids is 1. The summed E-state index contributed by atoms with van der Waals surface area (Å²) >= 11 is 0. The van der Waals surface area contributed by atoms with Gasteiger partial charge >= 0.3 is 6.09 Å². The largest absolute Gasteiger partial charge is 0.415 e. The van der Waals surface area contributed by atoms with Gasteiger partial charge in [-0.1, -0.05) is 19.1 Å². The van der Waals surface area contributed by atoms with Crippen molar-refractivity contribution in [3.8, 4) is 5.75 Å². The predicted molar refractivity (Wildman–Crippen MR) is 107 cm³/mol. The Hall–Kier alpha value is -2.05. The lowest BCUT2D eigenvalue weighted by atomic mass is 10.0. The van der Waals surface area contributed by atoms with Crippen molar-refractivity contribution < 1.29 is 9.53 Å². The topological polar surface area (TPSA) is 51.8 Å². The van der Waals surface area contributed by atoms with Crippen molar-refractivity contribution in [1.29, 1.82) is 0 Å². The Labute approximate surface area is 161 Å². The minimum atomic E-state index is -0.231. The van der Waals surface area contributed by atoms with Crippen LogP contribution >= 0.6 is 0 Å². The molecule has 146 valence electrons. The van der Waals surface area contributed by atoms with Crippen LogP contribution in [-0.4, -0.2) is 77.6 Å². The van der Waals surface area contributed by atoms with Gasteiger partial charge in [-0.2, -0.15) is 0 Å². The van der Waals surface area contributed by atoms with Crippen molar-refractivity contribution >= 4 is 17.0 Å². The summed E-state index contributed by atoms with van der Waals surface area (Å²) in [5.41, 5.74) is 0.987. The number of carbonyl (C=O) groups is 1. The van der Waals surface area contributed by atoms with Gasteiger partial charge in [-0.3, -0.25) is 4.90 Å². The standard InChI is InChI=1S/C21H30N4O2/c1-2-9-23-12-14-24(15-13-23)17-7-10-25(11-8-17)21(26)27-20-16-22-19-6-4-3-5-18(19)20/h3-6,16-17,22H,2,7-15H2,1H3. The molecule has 0 atom stereocenters. The first-order valence-electron chi connectivity index (χ1n) is 10.2. The quantitative estimate of drug-likeness (QED) is 0.898. The molecule has 1 amide bonds. The Morgan fingerprint density at radius 1 is 1.11 bits per heavy atom. The van der Waals surface area contributed by atoms with Crippen LogP contribution in [0.4, 0.5) is 4.79 Å². The molecule has 1 aromatic heterocycles. The summed E-state index contributed by atoms with van der Waals surface area (Å²) in [6.07, 6.45) is 4.85.